The Morgan fingerprint density at radius 2 is 1.76 bits per heavy atom. The maximum absolute atomic E-state index is 12.3. The van der Waals surface area contributed by atoms with Crippen molar-refractivity contribution < 1.29 is 14.3 Å². The Balaban J connectivity index is 1.95. The lowest BCUT2D eigenvalue weighted by molar-refractivity contribution is 0.0977. The van der Waals surface area contributed by atoms with Gasteiger partial charge in [0.15, 0.2) is 5.11 Å². The van der Waals surface area contributed by atoms with Gasteiger partial charge in [0, 0.05) is 11.3 Å². The summed E-state index contributed by atoms with van der Waals surface area (Å²) in [6.07, 6.45) is 0. The van der Waals surface area contributed by atoms with Crippen molar-refractivity contribution in [3.63, 3.8) is 0 Å². The number of hydrogen-bond donors (Lipinski definition) is 2. The fourth-order valence-corrected chi connectivity index (χ4v) is 2.76. The van der Waals surface area contributed by atoms with Crippen molar-refractivity contribution in [2.45, 2.75) is 13.8 Å². The lowest BCUT2D eigenvalue weighted by Gasteiger charge is -2.11. The molecule has 0 spiro atoms. The van der Waals surface area contributed by atoms with Crippen LogP contribution in [0.2, 0.25) is 0 Å². The van der Waals surface area contributed by atoms with Crippen LogP contribution in [0.3, 0.4) is 0 Å². The van der Waals surface area contributed by atoms with E-state index in [9.17, 15) is 4.79 Å². The molecule has 2 N–H and O–H groups in total. The first-order chi connectivity index (χ1) is 12.0. The van der Waals surface area contributed by atoms with E-state index in [0.29, 0.717) is 29.0 Å². The first-order valence-electron chi connectivity index (χ1n) is 7.81. The number of hydrogen-bond acceptors (Lipinski definition) is 4. The third kappa shape index (κ3) is 5.72. The Bertz CT molecular complexity index is 750. The Labute approximate surface area is 160 Å². The highest BCUT2D eigenvalue weighted by atomic mass is 79.9. The summed E-state index contributed by atoms with van der Waals surface area (Å²) in [5, 5.41) is 5.84. The third-order valence-electron chi connectivity index (χ3n) is 3.14. The molecule has 0 fully saturated rings. The zero-order chi connectivity index (χ0) is 18.2. The monoisotopic (exact) mass is 422 g/mol. The first kappa shape index (κ1) is 19.2. The molecule has 2 rings (SSSR count). The number of anilines is 1. The molecule has 0 aliphatic carbocycles. The number of carbonyl (C=O) groups is 1. The van der Waals surface area contributed by atoms with E-state index >= 15 is 0 Å². The molecule has 0 radical (unpaired) electrons. The largest absolute Gasteiger partial charge is 0.494 e. The highest BCUT2D eigenvalue weighted by molar-refractivity contribution is 9.10. The van der Waals surface area contributed by atoms with E-state index in [1.165, 1.54) is 0 Å². The summed E-state index contributed by atoms with van der Waals surface area (Å²) >= 11 is 8.58. The predicted octanol–water partition coefficient (Wildman–Crippen LogP) is 4.37. The van der Waals surface area contributed by atoms with Crippen LogP contribution < -0.4 is 20.1 Å². The van der Waals surface area contributed by atoms with Crippen LogP contribution in [0, 0.1) is 0 Å². The van der Waals surface area contributed by atoms with Crippen molar-refractivity contribution >= 4 is 44.9 Å². The zero-order valence-corrected chi connectivity index (χ0v) is 16.4. The molecular formula is C18H19BrN2O3S. The smallest absolute Gasteiger partial charge is 0.257 e. The van der Waals surface area contributed by atoms with Crippen LogP contribution in [-0.2, 0) is 0 Å². The van der Waals surface area contributed by atoms with Crippen molar-refractivity contribution in [1.29, 1.82) is 0 Å². The number of benzene rings is 2. The maximum Gasteiger partial charge on any atom is 0.257 e. The first-order valence-corrected chi connectivity index (χ1v) is 9.01. The van der Waals surface area contributed by atoms with Gasteiger partial charge in [-0.15, -0.1) is 0 Å². The summed E-state index contributed by atoms with van der Waals surface area (Å²) in [6, 6.07) is 12.4. The molecule has 0 saturated carbocycles. The van der Waals surface area contributed by atoms with Gasteiger partial charge in [-0.05, 0) is 84.5 Å². The molecule has 0 aliphatic rings. The number of thiocarbonyl (C=S) groups is 1. The summed E-state index contributed by atoms with van der Waals surface area (Å²) in [6.45, 7) is 4.99. The van der Waals surface area contributed by atoms with Crippen LogP contribution in [0.15, 0.2) is 46.9 Å². The molecule has 5 nitrogen and oxygen atoms in total. The van der Waals surface area contributed by atoms with Gasteiger partial charge in [-0.25, -0.2) is 0 Å². The average molecular weight is 423 g/mol. The summed E-state index contributed by atoms with van der Waals surface area (Å²) in [7, 11) is 0. The van der Waals surface area contributed by atoms with Crippen LogP contribution in [0.25, 0.3) is 0 Å². The molecule has 1 amide bonds. The molecule has 0 saturated heterocycles. The molecule has 132 valence electrons. The summed E-state index contributed by atoms with van der Waals surface area (Å²) in [5.74, 6) is 1.17. The van der Waals surface area contributed by atoms with Gasteiger partial charge in [-0.3, -0.25) is 10.1 Å². The summed E-state index contributed by atoms with van der Waals surface area (Å²) < 4.78 is 11.5. The van der Waals surface area contributed by atoms with Crippen molar-refractivity contribution in [2.24, 2.45) is 0 Å². The molecule has 2 aromatic rings. The Morgan fingerprint density at radius 3 is 2.36 bits per heavy atom. The normalized spacial score (nSPS) is 10.0. The molecule has 2 aromatic carbocycles. The molecule has 0 bridgehead atoms. The Hall–Kier alpha value is -2.12. The number of ether oxygens (including phenoxy) is 2. The van der Waals surface area contributed by atoms with Gasteiger partial charge < -0.3 is 14.8 Å². The molecule has 25 heavy (non-hydrogen) atoms. The standard InChI is InChI=1S/C18H19BrN2O3S/c1-3-23-14-8-6-13(7-9-14)20-18(25)21-17(22)12-5-10-16(24-4-2)15(19)11-12/h5-11H,3-4H2,1-2H3,(H2,20,21,22,25). The zero-order valence-electron chi connectivity index (χ0n) is 14.0. The van der Waals surface area contributed by atoms with Gasteiger partial charge in [0.1, 0.15) is 11.5 Å². The van der Waals surface area contributed by atoms with Crippen LogP contribution in [0.5, 0.6) is 11.5 Å². The van der Waals surface area contributed by atoms with E-state index in [1.54, 1.807) is 18.2 Å². The summed E-state index contributed by atoms with van der Waals surface area (Å²) in [4.78, 5) is 12.3. The van der Waals surface area contributed by atoms with Crippen LogP contribution in [-0.4, -0.2) is 24.2 Å². The highest BCUT2D eigenvalue weighted by Gasteiger charge is 2.11. The predicted molar refractivity (Wildman–Crippen MR) is 107 cm³/mol. The van der Waals surface area contributed by atoms with E-state index in [1.807, 2.05) is 38.1 Å². The minimum atomic E-state index is -0.299. The van der Waals surface area contributed by atoms with E-state index in [2.05, 4.69) is 26.6 Å². The number of halogens is 1. The maximum atomic E-state index is 12.3. The van der Waals surface area contributed by atoms with Gasteiger partial charge in [0.2, 0.25) is 0 Å². The van der Waals surface area contributed by atoms with Gasteiger partial charge >= 0.3 is 0 Å². The fraction of sp³-hybridized carbons (Fsp3) is 0.222. The Morgan fingerprint density at radius 1 is 1.08 bits per heavy atom. The second-order valence-electron chi connectivity index (χ2n) is 4.94. The molecular weight excluding hydrogens is 404 g/mol. The minimum absolute atomic E-state index is 0.221. The van der Waals surface area contributed by atoms with Gasteiger partial charge in [-0.1, -0.05) is 0 Å². The van der Waals surface area contributed by atoms with Gasteiger partial charge in [0.05, 0.1) is 17.7 Å². The van der Waals surface area contributed by atoms with Crippen LogP contribution >= 0.6 is 28.1 Å². The van der Waals surface area contributed by atoms with E-state index in [4.69, 9.17) is 21.7 Å². The molecule has 7 heteroatoms. The van der Waals surface area contributed by atoms with Crippen LogP contribution in [0.1, 0.15) is 24.2 Å². The van der Waals surface area contributed by atoms with Crippen molar-refractivity contribution in [3.8, 4) is 11.5 Å². The lowest BCUT2D eigenvalue weighted by Crippen LogP contribution is -2.34. The quantitative estimate of drug-likeness (QED) is 0.676. The van der Waals surface area contributed by atoms with Gasteiger partial charge in [0.25, 0.3) is 5.91 Å². The van der Waals surface area contributed by atoms with Crippen molar-refractivity contribution in [1.82, 2.24) is 5.32 Å². The molecule has 0 atom stereocenters. The topological polar surface area (TPSA) is 59.6 Å². The van der Waals surface area contributed by atoms with E-state index in [-0.39, 0.29) is 11.0 Å². The van der Waals surface area contributed by atoms with Crippen LogP contribution in [0.4, 0.5) is 5.69 Å². The van der Waals surface area contributed by atoms with E-state index < -0.39 is 0 Å². The fourth-order valence-electron chi connectivity index (χ4n) is 2.05. The van der Waals surface area contributed by atoms with Gasteiger partial charge in [-0.2, -0.15) is 0 Å². The minimum Gasteiger partial charge on any atom is -0.494 e. The van der Waals surface area contributed by atoms with Crippen molar-refractivity contribution in [3.05, 3.63) is 52.5 Å². The molecule has 0 aromatic heterocycles. The number of carbonyl (C=O) groups excluding carboxylic acids is 1. The molecule has 0 aliphatic heterocycles. The second-order valence-corrected chi connectivity index (χ2v) is 6.21. The summed E-state index contributed by atoms with van der Waals surface area (Å²) in [5.41, 5.74) is 1.24. The van der Waals surface area contributed by atoms with E-state index in [0.717, 1.165) is 11.4 Å². The van der Waals surface area contributed by atoms with Crippen molar-refractivity contribution in [2.75, 3.05) is 18.5 Å². The molecule has 0 heterocycles. The number of amides is 1. The second kappa shape index (κ2) is 9.39. The lowest BCUT2D eigenvalue weighted by atomic mass is 10.2. The third-order valence-corrected chi connectivity index (χ3v) is 3.97. The Kier molecular flexibility index (Phi) is 7.21. The number of rotatable bonds is 6. The average Bonchev–Trinajstić information content (AvgIpc) is 2.58. The number of nitrogens with one attached hydrogen (secondary N) is 2. The molecule has 0 unspecified atom stereocenters. The SMILES string of the molecule is CCOc1ccc(NC(=S)NC(=O)c2ccc(OCC)c(Br)c2)cc1. The highest BCUT2D eigenvalue weighted by Crippen LogP contribution is 2.26.